The Morgan fingerprint density at radius 1 is 1.58 bits per heavy atom. The van der Waals surface area contributed by atoms with Crippen LogP contribution < -0.4 is 0 Å². The van der Waals surface area contributed by atoms with E-state index in [2.05, 4.69) is 10.1 Å². The van der Waals surface area contributed by atoms with E-state index in [1.165, 1.54) is 0 Å². The summed E-state index contributed by atoms with van der Waals surface area (Å²) in [5.41, 5.74) is 0. The van der Waals surface area contributed by atoms with Gasteiger partial charge in [-0.15, -0.1) is 0 Å². The van der Waals surface area contributed by atoms with Gasteiger partial charge in [0.25, 0.3) is 0 Å². The maximum atomic E-state index is 11.2. The summed E-state index contributed by atoms with van der Waals surface area (Å²) >= 11 is 0. The lowest BCUT2D eigenvalue weighted by Gasteiger charge is -2.21. The zero-order chi connectivity index (χ0) is 13.8. The highest BCUT2D eigenvalue weighted by Crippen LogP contribution is 2.33. The summed E-state index contributed by atoms with van der Waals surface area (Å²) < 4.78 is 10.4. The van der Waals surface area contributed by atoms with Crippen LogP contribution >= 0.6 is 0 Å². The molecule has 1 unspecified atom stereocenters. The number of ether oxygens (including phenoxy) is 1. The molecular weight excluding hydrogens is 248 g/mol. The van der Waals surface area contributed by atoms with Crippen molar-refractivity contribution >= 4 is 5.97 Å². The molecule has 0 radical (unpaired) electrons. The van der Waals surface area contributed by atoms with E-state index >= 15 is 0 Å². The van der Waals surface area contributed by atoms with Gasteiger partial charge < -0.3 is 14.4 Å². The molecule has 0 aromatic carbocycles. The van der Waals surface area contributed by atoms with Gasteiger partial charge in [0, 0.05) is 13.5 Å². The minimum Gasteiger partial charge on any atom is -0.481 e. The molecule has 0 aliphatic heterocycles. The van der Waals surface area contributed by atoms with Crippen molar-refractivity contribution in [1.82, 2.24) is 10.1 Å². The van der Waals surface area contributed by atoms with Crippen molar-refractivity contribution in [2.45, 2.75) is 38.2 Å². The number of hydrogen-bond acceptors (Lipinski definition) is 5. The average Bonchev–Trinajstić information content (AvgIpc) is 2.86. The normalized spacial score (nSPS) is 24.3. The molecule has 1 aromatic rings. The second-order valence-electron chi connectivity index (χ2n) is 4.79. The van der Waals surface area contributed by atoms with Crippen LogP contribution in [0.1, 0.15) is 37.4 Å². The van der Waals surface area contributed by atoms with Gasteiger partial charge in [0.1, 0.15) is 0 Å². The molecule has 1 aliphatic rings. The van der Waals surface area contributed by atoms with Gasteiger partial charge in [-0.3, -0.25) is 4.79 Å². The third kappa shape index (κ3) is 3.20. The highest BCUT2D eigenvalue weighted by molar-refractivity contribution is 5.71. The first-order chi connectivity index (χ1) is 9.11. The zero-order valence-corrected chi connectivity index (χ0v) is 11.1. The third-order valence-corrected chi connectivity index (χ3v) is 3.42. The van der Waals surface area contributed by atoms with E-state index in [4.69, 9.17) is 9.26 Å². The van der Waals surface area contributed by atoms with Crippen molar-refractivity contribution in [2.24, 2.45) is 5.92 Å². The largest absolute Gasteiger partial charge is 0.481 e. The lowest BCUT2D eigenvalue weighted by molar-refractivity contribution is -0.142. The number of rotatable bonds is 5. The SMILES string of the molecule is COC(C)Cc1noc([C@@H]2CC=CC[C@@H]2C(=O)O)n1. The summed E-state index contributed by atoms with van der Waals surface area (Å²) in [7, 11) is 1.62. The topological polar surface area (TPSA) is 85.5 Å². The molecule has 0 fully saturated rings. The fraction of sp³-hybridized carbons (Fsp3) is 0.615. The molecule has 6 heteroatoms. The Labute approximate surface area is 111 Å². The molecular formula is C13H18N2O4. The summed E-state index contributed by atoms with van der Waals surface area (Å²) in [6.45, 7) is 1.92. The summed E-state index contributed by atoms with van der Waals surface area (Å²) in [4.78, 5) is 15.5. The van der Waals surface area contributed by atoms with Crippen LogP contribution in [0.2, 0.25) is 0 Å². The molecule has 0 saturated heterocycles. The van der Waals surface area contributed by atoms with Gasteiger partial charge in [-0.1, -0.05) is 17.3 Å². The predicted octanol–water partition coefficient (Wildman–Crippen LogP) is 1.78. The van der Waals surface area contributed by atoms with E-state index in [-0.39, 0.29) is 12.0 Å². The first-order valence-corrected chi connectivity index (χ1v) is 6.35. The van der Waals surface area contributed by atoms with Crippen LogP contribution in [0.4, 0.5) is 0 Å². The number of carbonyl (C=O) groups is 1. The van der Waals surface area contributed by atoms with Crippen molar-refractivity contribution < 1.29 is 19.2 Å². The minimum absolute atomic E-state index is 0.00646. The average molecular weight is 266 g/mol. The molecule has 1 heterocycles. The van der Waals surface area contributed by atoms with Crippen molar-refractivity contribution in [3.05, 3.63) is 23.9 Å². The van der Waals surface area contributed by atoms with E-state index in [0.717, 1.165) is 0 Å². The van der Waals surface area contributed by atoms with Crippen molar-refractivity contribution in [3.8, 4) is 0 Å². The molecule has 0 bridgehead atoms. The van der Waals surface area contributed by atoms with Gasteiger partial charge >= 0.3 is 5.97 Å². The van der Waals surface area contributed by atoms with E-state index in [1.54, 1.807) is 7.11 Å². The van der Waals surface area contributed by atoms with Gasteiger partial charge in [-0.2, -0.15) is 4.98 Å². The van der Waals surface area contributed by atoms with Crippen LogP contribution in [0.3, 0.4) is 0 Å². The number of nitrogens with zero attached hydrogens (tertiary/aromatic N) is 2. The second kappa shape index (κ2) is 5.97. The maximum absolute atomic E-state index is 11.2. The molecule has 6 nitrogen and oxygen atoms in total. The van der Waals surface area contributed by atoms with Crippen LogP contribution in [0.15, 0.2) is 16.7 Å². The quantitative estimate of drug-likeness (QED) is 0.818. The molecule has 1 aromatic heterocycles. The second-order valence-corrected chi connectivity index (χ2v) is 4.79. The van der Waals surface area contributed by atoms with E-state index in [0.29, 0.717) is 31.0 Å². The zero-order valence-electron chi connectivity index (χ0n) is 11.1. The molecule has 19 heavy (non-hydrogen) atoms. The summed E-state index contributed by atoms with van der Waals surface area (Å²) in [5.74, 6) is -0.572. The minimum atomic E-state index is -0.820. The third-order valence-electron chi connectivity index (χ3n) is 3.42. The lowest BCUT2D eigenvalue weighted by atomic mass is 9.83. The van der Waals surface area contributed by atoms with Crippen LogP contribution in [0.25, 0.3) is 0 Å². The number of methoxy groups -OCH3 is 1. The highest BCUT2D eigenvalue weighted by atomic mass is 16.5. The Bertz CT molecular complexity index is 469. The van der Waals surface area contributed by atoms with Crippen molar-refractivity contribution in [1.29, 1.82) is 0 Å². The van der Waals surface area contributed by atoms with E-state index in [1.807, 2.05) is 19.1 Å². The Hall–Kier alpha value is -1.69. The Kier molecular flexibility index (Phi) is 4.31. The molecule has 1 aliphatic carbocycles. The standard InChI is InChI=1S/C13H18N2O4/c1-8(18-2)7-11-14-12(19-15-11)9-5-3-4-6-10(9)13(16)17/h3-4,8-10H,5-7H2,1-2H3,(H,16,17)/t8?,9-,10+/m1/s1. The fourth-order valence-corrected chi connectivity index (χ4v) is 2.20. The molecule has 1 N–H and O–H groups in total. The van der Waals surface area contributed by atoms with Crippen LogP contribution in [0.5, 0.6) is 0 Å². The van der Waals surface area contributed by atoms with E-state index < -0.39 is 11.9 Å². The lowest BCUT2D eigenvalue weighted by Crippen LogP contribution is -2.23. The highest BCUT2D eigenvalue weighted by Gasteiger charge is 2.33. The molecule has 0 spiro atoms. The monoisotopic (exact) mass is 266 g/mol. The van der Waals surface area contributed by atoms with Gasteiger partial charge in [0.15, 0.2) is 5.82 Å². The number of hydrogen-bond donors (Lipinski definition) is 1. The van der Waals surface area contributed by atoms with Crippen molar-refractivity contribution in [3.63, 3.8) is 0 Å². The van der Waals surface area contributed by atoms with Gasteiger partial charge in [0.2, 0.25) is 5.89 Å². The van der Waals surface area contributed by atoms with E-state index in [9.17, 15) is 9.90 Å². The number of carboxylic acids is 1. The predicted molar refractivity (Wildman–Crippen MR) is 66.7 cm³/mol. The van der Waals surface area contributed by atoms with Crippen LogP contribution in [0, 0.1) is 5.92 Å². The summed E-state index contributed by atoms with van der Waals surface area (Å²) in [6.07, 6.45) is 5.54. The van der Waals surface area contributed by atoms with Crippen molar-refractivity contribution in [2.75, 3.05) is 7.11 Å². The Balaban J connectivity index is 2.12. The fourth-order valence-electron chi connectivity index (χ4n) is 2.20. The van der Waals surface area contributed by atoms with Crippen LogP contribution in [-0.2, 0) is 16.0 Å². The Morgan fingerprint density at radius 3 is 3.00 bits per heavy atom. The number of aliphatic carboxylic acids is 1. The number of carboxylic acid groups (broad SMARTS) is 1. The molecule has 3 atom stereocenters. The summed E-state index contributed by atoms with van der Waals surface area (Å²) in [5, 5.41) is 13.1. The van der Waals surface area contributed by atoms with Crippen LogP contribution in [-0.4, -0.2) is 34.4 Å². The van der Waals surface area contributed by atoms with Gasteiger partial charge in [0.05, 0.1) is 17.9 Å². The Morgan fingerprint density at radius 2 is 2.32 bits per heavy atom. The smallest absolute Gasteiger partial charge is 0.307 e. The van der Waals surface area contributed by atoms with Gasteiger partial charge in [-0.25, -0.2) is 0 Å². The molecule has 0 saturated carbocycles. The number of allylic oxidation sites excluding steroid dienone is 2. The molecule has 0 amide bonds. The molecule has 104 valence electrons. The first-order valence-electron chi connectivity index (χ1n) is 6.35. The summed E-state index contributed by atoms with van der Waals surface area (Å²) in [6, 6.07) is 0. The number of aromatic nitrogens is 2. The maximum Gasteiger partial charge on any atom is 0.307 e. The first kappa shape index (κ1) is 13.7. The van der Waals surface area contributed by atoms with Gasteiger partial charge in [-0.05, 0) is 19.8 Å². The molecule has 2 rings (SSSR count).